The van der Waals surface area contributed by atoms with E-state index in [0.717, 1.165) is 51.3 Å². The van der Waals surface area contributed by atoms with Crippen molar-refractivity contribution in [2.45, 2.75) is 26.7 Å². The van der Waals surface area contributed by atoms with Gasteiger partial charge in [0.15, 0.2) is 5.82 Å². The van der Waals surface area contributed by atoms with Crippen LogP contribution in [0, 0.1) is 6.92 Å². The standard InChI is InChI=1S/C23H22N4O/c1-14-3-10-19-20-12-17(13-25-22(20)23(24)26-21(19)11-14)5-4-16-6-8-18(9-7-16)15(2)27-28/h3,6-13,28H,4-5H2,1-2H3,(H2,24,26)/b27-15-. The molecule has 3 N–H and O–H groups in total. The van der Waals surface area contributed by atoms with Crippen LogP contribution in [0.4, 0.5) is 5.82 Å². The summed E-state index contributed by atoms with van der Waals surface area (Å²) in [6.07, 6.45) is 3.67. The van der Waals surface area contributed by atoms with E-state index in [2.05, 4.69) is 58.4 Å². The van der Waals surface area contributed by atoms with Crippen LogP contribution in [0.15, 0.2) is 59.9 Å². The normalized spacial score (nSPS) is 12.0. The summed E-state index contributed by atoms with van der Waals surface area (Å²) in [5, 5.41) is 14.2. The number of rotatable bonds is 4. The minimum absolute atomic E-state index is 0.469. The molecule has 0 bridgehead atoms. The van der Waals surface area contributed by atoms with Crippen molar-refractivity contribution < 1.29 is 5.21 Å². The molecule has 2 aromatic carbocycles. The van der Waals surface area contributed by atoms with Crippen LogP contribution in [-0.2, 0) is 12.8 Å². The molecular formula is C23H22N4O. The Morgan fingerprint density at radius 2 is 1.75 bits per heavy atom. The van der Waals surface area contributed by atoms with Crippen molar-refractivity contribution in [3.05, 3.63) is 77.0 Å². The lowest BCUT2D eigenvalue weighted by Gasteiger charge is -2.09. The Morgan fingerprint density at radius 3 is 2.50 bits per heavy atom. The number of nitrogens with zero attached hydrogens (tertiary/aromatic N) is 3. The molecule has 5 heteroatoms. The molecule has 0 unspecified atom stereocenters. The smallest absolute Gasteiger partial charge is 0.150 e. The van der Waals surface area contributed by atoms with Gasteiger partial charge < -0.3 is 10.9 Å². The van der Waals surface area contributed by atoms with Crippen LogP contribution in [0.25, 0.3) is 21.8 Å². The molecule has 0 aliphatic rings. The second-order valence-corrected chi connectivity index (χ2v) is 7.14. The molecule has 0 aliphatic heterocycles. The van der Waals surface area contributed by atoms with Crippen LogP contribution in [0.3, 0.4) is 0 Å². The third-order valence-electron chi connectivity index (χ3n) is 5.10. The fourth-order valence-electron chi connectivity index (χ4n) is 3.46. The molecule has 0 fully saturated rings. The predicted molar refractivity (Wildman–Crippen MR) is 114 cm³/mol. The summed E-state index contributed by atoms with van der Waals surface area (Å²) in [7, 11) is 0. The van der Waals surface area contributed by atoms with Crippen molar-refractivity contribution in [1.29, 1.82) is 0 Å². The maximum absolute atomic E-state index is 8.87. The summed E-state index contributed by atoms with van der Waals surface area (Å²) >= 11 is 0. The number of pyridine rings is 2. The SMILES string of the molecule is C/C(=N/O)c1ccc(CCc2cnc3c(N)nc4cc(C)ccc4c3c2)cc1. The zero-order valence-corrected chi connectivity index (χ0v) is 16.0. The van der Waals surface area contributed by atoms with Gasteiger partial charge in [-0.3, -0.25) is 4.98 Å². The Bertz CT molecular complexity index is 1200. The van der Waals surface area contributed by atoms with Crippen molar-refractivity contribution in [3.8, 4) is 0 Å². The summed E-state index contributed by atoms with van der Waals surface area (Å²) in [6, 6.07) is 16.5. The lowest BCUT2D eigenvalue weighted by molar-refractivity contribution is 0.319. The Balaban J connectivity index is 1.63. The van der Waals surface area contributed by atoms with E-state index >= 15 is 0 Å². The molecule has 5 nitrogen and oxygen atoms in total. The van der Waals surface area contributed by atoms with Gasteiger partial charge in [0, 0.05) is 17.0 Å². The lowest BCUT2D eigenvalue weighted by atomic mass is 10.0. The van der Waals surface area contributed by atoms with E-state index in [1.54, 1.807) is 6.92 Å². The fraction of sp³-hybridized carbons (Fsp3) is 0.174. The molecule has 0 aliphatic carbocycles. The second-order valence-electron chi connectivity index (χ2n) is 7.14. The average Bonchev–Trinajstić information content (AvgIpc) is 2.71. The minimum Gasteiger partial charge on any atom is -0.411 e. The molecule has 140 valence electrons. The van der Waals surface area contributed by atoms with Crippen LogP contribution in [-0.4, -0.2) is 20.9 Å². The molecule has 0 saturated carbocycles. The first-order valence-electron chi connectivity index (χ1n) is 9.27. The van der Waals surface area contributed by atoms with Gasteiger partial charge in [0.1, 0.15) is 5.52 Å². The molecule has 0 radical (unpaired) electrons. The van der Waals surface area contributed by atoms with Crippen molar-refractivity contribution >= 4 is 33.3 Å². The third kappa shape index (κ3) is 3.39. The van der Waals surface area contributed by atoms with Crippen LogP contribution in [0.2, 0.25) is 0 Å². The summed E-state index contributed by atoms with van der Waals surface area (Å²) in [6.45, 7) is 3.83. The Kier molecular flexibility index (Phi) is 4.65. The maximum Gasteiger partial charge on any atom is 0.150 e. The van der Waals surface area contributed by atoms with E-state index in [1.807, 2.05) is 18.3 Å². The zero-order chi connectivity index (χ0) is 19.7. The van der Waals surface area contributed by atoms with Gasteiger partial charge in [-0.05, 0) is 61.1 Å². The largest absolute Gasteiger partial charge is 0.411 e. The number of anilines is 1. The Labute approximate surface area is 163 Å². The molecule has 4 rings (SSSR count). The summed E-state index contributed by atoms with van der Waals surface area (Å²) in [5.74, 6) is 0.469. The quantitative estimate of drug-likeness (QED) is 0.237. The van der Waals surface area contributed by atoms with Gasteiger partial charge in [-0.1, -0.05) is 41.6 Å². The first-order valence-corrected chi connectivity index (χ1v) is 9.27. The first kappa shape index (κ1) is 17.9. The third-order valence-corrected chi connectivity index (χ3v) is 5.10. The Morgan fingerprint density at radius 1 is 1.00 bits per heavy atom. The van der Waals surface area contributed by atoms with Gasteiger partial charge in [0.25, 0.3) is 0 Å². The van der Waals surface area contributed by atoms with Gasteiger partial charge in [-0.2, -0.15) is 0 Å². The minimum atomic E-state index is 0.469. The maximum atomic E-state index is 8.87. The topological polar surface area (TPSA) is 84.4 Å². The van der Waals surface area contributed by atoms with Crippen LogP contribution < -0.4 is 5.73 Å². The summed E-state index contributed by atoms with van der Waals surface area (Å²) in [5.41, 5.74) is 12.9. The molecule has 28 heavy (non-hydrogen) atoms. The summed E-state index contributed by atoms with van der Waals surface area (Å²) in [4.78, 5) is 9.09. The number of nitrogens with two attached hydrogens (primary N) is 1. The van der Waals surface area contributed by atoms with E-state index in [-0.39, 0.29) is 0 Å². The van der Waals surface area contributed by atoms with Gasteiger partial charge in [0.2, 0.25) is 0 Å². The number of nitrogen functional groups attached to an aromatic ring is 1. The molecule has 4 aromatic rings. The highest BCUT2D eigenvalue weighted by atomic mass is 16.4. The zero-order valence-electron chi connectivity index (χ0n) is 16.0. The molecular weight excluding hydrogens is 348 g/mol. The van der Waals surface area contributed by atoms with Gasteiger partial charge in [-0.25, -0.2) is 4.98 Å². The van der Waals surface area contributed by atoms with Crippen LogP contribution in [0.5, 0.6) is 0 Å². The second kappa shape index (κ2) is 7.27. The van der Waals surface area contributed by atoms with E-state index in [4.69, 9.17) is 10.9 Å². The number of hydrogen-bond donors (Lipinski definition) is 2. The van der Waals surface area contributed by atoms with E-state index in [1.165, 1.54) is 5.56 Å². The van der Waals surface area contributed by atoms with Crippen molar-refractivity contribution in [2.75, 3.05) is 5.73 Å². The van der Waals surface area contributed by atoms with Crippen molar-refractivity contribution in [1.82, 2.24) is 9.97 Å². The highest BCUT2D eigenvalue weighted by Gasteiger charge is 2.09. The molecule has 0 atom stereocenters. The van der Waals surface area contributed by atoms with Crippen LogP contribution >= 0.6 is 0 Å². The summed E-state index contributed by atoms with van der Waals surface area (Å²) < 4.78 is 0. The average molecular weight is 370 g/mol. The predicted octanol–water partition coefficient (Wildman–Crippen LogP) is 4.66. The van der Waals surface area contributed by atoms with E-state index < -0.39 is 0 Å². The van der Waals surface area contributed by atoms with E-state index in [9.17, 15) is 0 Å². The number of benzene rings is 2. The molecule has 0 spiro atoms. The fourth-order valence-corrected chi connectivity index (χ4v) is 3.46. The molecule has 0 saturated heterocycles. The van der Waals surface area contributed by atoms with Crippen molar-refractivity contribution in [3.63, 3.8) is 0 Å². The van der Waals surface area contributed by atoms with Gasteiger partial charge in [0.05, 0.1) is 11.2 Å². The number of hydrogen-bond acceptors (Lipinski definition) is 5. The number of aromatic nitrogens is 2. The van der Waals surface area contributed by atoms with Gasteiger partial charge >= 0.3 is 0 Å². The number of aryl methyl sites for hydroxylation is 3. The highest BCUT2D eigenvalue weighted by molar-refractivity contribution is 6.08. The Hall–Kier alpha value is -3.47. The first-order chi connectivity index (χ1) is 13.5. The molecule has 0 amide bonds. The van der Waals surface area contributed by atoms with Crippen LogP contribution in [0.1, 0.15) is 29.2 Å². The molecule has 2 aromatic heterocycles. The molecule has 2 heterocycles. The highest BCUT2D eigenvalue weighted by Crippen LogP contribution is 2.28. The number of fused-ring (bicyclic) bond motifs is 3. The monoisotopic (exact) mass is 370 g/mol. The van der Waals surface area contributed by atoms with E-state index in [0.29, 0.717) is 11.5 Å². The lowest BCUT2D eigenvalue weighted by Crippen LogP contribution is -1.99. The van der Waals surface area contributed by atoms with Crippen molar-refractivity contribution in [2.24, 2.45) is 5.16 Å². The van der Waals surface area contributed by atoms with Gasteiger partial charge in [-0.15, -0.1) is 0 Å². The number of oxime groups is 1.